The number of ether oxygens (including phenoxy) is 1. The van der Waals surface area contributed by atoms with Gasteiger partial charge in [-0.15, -0.1) is 0 Å². The molecule has 4 heteroatoms. The zero-order valence-electron chi connectivity index (χ0n) is 12.1. The van der Waals surface area contributed by atoms with Crippen LogP contribution < -0.4 is 4.74 Å². The highest BCUT2D eigenvalue weighted by atomic mass is 16.5. The number of benzene rings is 1. The lowest BCUT2D eigenvalue weighted by Gasteiger charge is -2.23. The van der Waals surface area contributed by atoms with Gasteiger partial charge in [0.05, 0.1) is 6.54 Å². The van der Waals surface area contributed by atoms with Crippen molar-refractivity contribution >= 4 is 11.8 Å². The van der Waals surface area contributed by atoms with Crippen LogP contribution in [0.2, 0.25) is 0 Å². The molecule has 4 nitrogen and oxygen atoms in total. The number of amides is 2. The molecule has 1 aliphatic rings. The number of hydrogen-bond acceptors (Lipinski definition) is 3. The highest BCUT2D eigenvalue weighted by Gasteiger charge is 2.23. The van der Waals surface area contributed by atoms with Gasteiger partial charge in [0.2, 0.25) is 0 Å². The van der Waals surface area contributed by atoms with Gasteiger partial charge in [0.25, 0.3) is 11.8 Å². The second-order valence-electron chi connectivity index (χ2n) is 5.76. The van der Waals surface area contributed by atoms with Gasteiger partial charge in [-0.2, -0.15) is 0 Å². The van der Waals surface area contributed by atoms with E-state index >= 15 is 0 Å². The van der Waals surface area contributed by atoms with Crippen molar-refractivity contribution in [3.05, 3.63) is 42.0 Å². The lowest BCUT2D eigenvalue weighted by atomic mass is 9.86. The predicted molar refractivity (Wildman–Crippen MR) is 76.5 cm³/mol. The minimum atomic E-state index is -0.275. The van der Waals surface area contributed by atoms with Gasteiger partial charge in [0.15, 0.2) is 0 Å². The summed E-state index contributed by atoms with van der Waals surface area (Å²) in [5.41, 5.74) is 1.09. The van der Waals surface area contributed by atoms with Crippen molar-refractivity contribution in [1.29, 1.82) is 0 Å². The minimum absolute atomic E-state index is 0.0164. The fraction of sp³-hybridized carbons (Fsp3) is 0.375. The second-order valence-corrected chi connectivity index (χ2v) is 5.76. The molecule has 1 aliphatic heterocycles. The number of carbonyl (C=O) groups is 2. The van der Waals surface area contributed by atoms with Crippen LogP contribution in [0.15, 0.2) is 36.4 Å². The maximum Gasteiger partial charge on any atom is 0.253 e. The van der Waals surface area contributed by atoms with E-state index in [1.165, 1.54) is 17.1 Å². The first-order valence-electron chi connectivity index (χ1n) is 6.65. The maximum atomic E-state index is 11.4. The molecule has 0 aromatic heterocycles. The summed E-state index contributed by atoms with van der Waals surface area (Å²) in [6.45, 7) is 6.92. The number of carbonyl (C=O) groups excluding carboxylic acids is 2. The largest absolute Gasteiger partial charge is 0.491 e. The van der Waals surface area contributed by atoms with Crippen LogP contribution >= 0.6 is 0 Å². The quantitative estimate of drug-likeness (QED) is 0.791. The topological polar surface area (TPSA) is 46.6 Å². The Morgan fingerprint density at radius 3 is 2.25 bits per heavy atom. The Hall–Kier alpha value is -2.10. The Morgan fingerprint density at radius 1 is 1.05 bits per heavy atom. The molecular formula is C16H19NO3. The Labute approximate surface area is 119 Å². The molecule has 0 aliphatic carbocycles. The van der Waals surface area contributed by atoms with Gasteiger partial charge in [-0.3, -0.25) is 14.5 Å². The fourth-order valence-electron chi connectivity index (χ4n) is 2.11. The minimum Gasteiger partial charge on any atom is -0.491 e. The summed E-state index contributed by atoms with van der Waals surface area (Å²) >= 11 is 0. The van der Waals surface area contributed by atoms with E-state index in [9.17, 15) is 9.59 Å². The van der Waals surface area contributed by atoms with Crippen LogP contribution in [0.5, 0.6) is 5.75 Å². The molecule has 1 aromatic rings. The third-order valence-electron chi connectivity index (χ3n) is 3.17. The van der Waals surface area contributed by atoms with E-state index in [1.54, 1.807) is 0 Å². The second kappa shape index (κ2) is 5.49. The van der Waals surface area contributed by atoms with Gasteiger partial charge in [0, 0.05) is 12.2 Å². The predicted octanol–water partition coefficient (Wildman–Crippen LogP) is 2.29. The van der Waals surface area contributed by atoms with Gasteiger partial charge in [-0.1, -0.05) is 39.0 Å². The summed E-state index contributed by atoms with van der Waals surface area (Å²) in [5.74, 6) is 0.248. The van der Waals surface area contributed by atoms with Crippen LogP contribution in [0.1, 0.15) is 26.3 Å². The zero-order valence-corrected chi connectivity index (χ0v) is 12.1. The SMILES string of the molecule is CC(C)(C)c1ccccc1OCCN1C(=O)C=CC1=O. The van der Waals surface area contributed by atoms with Gasteiger partial charge >= 0.3 is 0 Å². The monoisotopic (exact) mass is 273 g/mol. The third-order valence-corrected chi connectivity index (χ3v) is 3.17. The average molecular weight is 273 g/mol. The molecule has 20 heavy (non-hydrogen) atoms. The maximum absolute atomic E-state index is 11.4. The van der Waals surface area contributed by atoms with Crippen LogP contribution in [0.3, 0.4) is 0 Å². The Kier molecular flexibility index (Phi) is 3.93. The van der Waals surface area contributed by atoms with Crippen LogP contribution in [-0.2, 0) is 15.0 Å². The van der Waals surface area contributed by atoms with Crippen molar-refractivity contribution in [3.8, 4) is 5.75 Å². The molecule has 0 atom stereocenters. The van der Waals surface area contributed by atoms with E-state index in [1.807, 2.05) is 24.3 Å². The molecule has 1 aromatic carbocycles. The molecule has 2 rings (SSSR count). The summed E-state index contributed by atoms with van der Waals surface area (Å²) in [6.07, 6.45) is 2.57. The van der Waals surface area contributed by atoms with Crippen LogP contribution in [-0.4, -0.2) is 29.9 Å². The molecule has 0 fully saturated rings. The van der Waals surface area contributed by atoms with Crippen molar-refractivity contribution in [2.45, 2.75) is 26.2 Å². The smallest absolute Gasteiger partial charge is 0.253 e. The average Bonchev–Trinajstić information content (AvgIpc) is 2.70. The molecule has 0 unspecified atom stereocenters. The van der Waals surface area contributed by atoms with E-state index in [2.05, 4.69) is 20.8 Å². The molecule has 0 radical (unpaired) electrons. The van der Waals surface area contributed by atoms with E-state index in [0.29, 0.717) is 6.61 Å². The van der Waals surface area contributed by atoms with Crippen LogP contribution in [0.25, 0.3) is 0 Å². The molecule has 2 amide bonds. The number of nitrogens with zero attached hydrogens (tertiary/aromatic N) is 1. The number of hydrogen-bond donors (Lipinski definition) is 0. The molecule has 0 spiro atoms. The first kappa shape index (κ1) is 14.3. The van der Waals surface area contributed by atoms with Gasteiger partial charge in [0.1, 0.15) is 12.4 Å². The van der Waals surface area contributed by atoms with Gasteiger partial charge in [-0.05, 0) is 17.0 Å². The summed E-state index contributed by atoms with van der Waals surface area (Å²) in [4.78, 5) is 24.0. The van der Waals surface area contributed by atoms with Crippen LogP contribution in [0.4, 0.5) is 0 Å². The van der Waals surface area contributed by atoms with E-state index in [0.717, 1.165) is 11.3 Å². The van der Waals surface area contributed by atoms with Crippen molar-refractivity contribution in [1.82, 2.24) is 4.90 Å². The Balaban J connectivity index is 1.99. The number of para-hydroxylation sites is 1. The summed E-state index contributed by atoms with van der Waals surface area (Å²) < 4.78 is 5.75. The van der Waals surface area contributed by atoms with Crippen molar-refractivity contribution in [2.75, 3.05) is 13.2 Å². The first-order chi connectivity index (χ1) is 9.39. The Bertz CT molecular complexity index is 537. The standard InChI is InChI=1S/C16H19NO3/c1-16(2,3)12-6-4-5-7-13(12)20-11-10-17-14(18)8-9-15(17)19/h4-9H,10-11H2,1-3H3. The van der Waals surface area contributed by atoms with Crippen molar-refractivity contribution in [2.24, 2.45) is 0 Å². The van der Waals surface area contributed by atoms with Crippen molar-refractivity contribution < 1.29 is 14.3 Å². The van der Waals surface area contributed by atoms with Gasteiger partial charge in [-0.25, -0.2) is 0 Å². The molecular weight excluding hydrogens is 254 g/mol. The van der Waals surface area contributed by atoms with Crippen LogP contribution in [0, 0.1) is 0 Å². The van der Waals surface area contributed by atoms with Gasteiger partial charge < -0.3 is 4.74 Å². The lowest BCUT2D eigenvalue weighted by Crippen LogP contribution is -2.34. The Morgan fingerprint density at radius 2 is 1.65 bits per heavy atom. The summed E-state index contributed by atoms with van der Waals surface area (Å²) in [5, 5.41) is 0. The third kappa shape index (κ3) is 3.07. The fourth-order valence-corrected chi connectivity index (χ4v) is 2.11. The first-order valence-corrected chi connectivity index (χ1v) is 6.65. The molecule has 0 bridgehead atoms. The number of imide groups is 1. The highest BCUT2D eigenvalue weighted by Crippen LogP contribution is 2.30. The highest BCUT2D eigenvalue weighted by molar-refractivity contribution is 6.12. The number of rotatable bonds is 4. The zero-order chi connectivity index (χ0) is 14.8. The van der Waals surface area contributed by atoms with E-state index in [4.69, 9.17) is 4.74 Å². The molecule has 0 saturated carbocycles. The normalized spacial score (nSPS) is 15.1. The summed E-state index contributed by atoms with van der Waals surface area (Å²) in [7, 11) is 0. The summed E-state index contributed by atoms with van der Waals surface area (Å²) in [6, 6.07) is 7.83. The molecule has 0 saturated heterocycles. The molecule has 1 heterocycles. The van der Waals surface area contributed by atoms with E-state index in [-0.39, 0.29) is 23.8 Å². The van der Waals surface area contributed by atoms with Crippen molar-refractivity contribution in [3.63, 3.8) is 0 Å². The molecule has 0 N–H and O–H groups in total. The molecule has 106 valence electrons. The lowest BCUT2D eigenvalue weighted by molar-refractivity contribution is -0.137. The van der Waals surface area contributed by atoms with E-state index < -0.39 is 0 Å².